The molecule has 0 aliphatic carbocycles. The molecule has 0 bridgehead atoms. The van der Waals surface area contributed by atoms with Crippen molar-refractivity contribution in [2.45, 2.75) is 26.3 Å². The molecule has 0 aliphatic rings. The fourth-order valence-electron chi connectivity index (χ4n) is 2.07. The fourth-order valence-corrected chi connectivity index (χ4v) is 3.26. The van der Waals surface area contributed by atoms with Crippen molar-refractivity contribution >= 4 is 11.3 Å². The van der Waals surface area contributed by atoms with Gasteiger partial charge in [-0.3, -0.25) is 0 Å². The first-order valence-electron chi connectivity index (χ1n) is 6.44. The van der Waals surface area contributed by atoms with Crippen LogP contribution >= 0.6 is 11.3 Å². The van der Waals surface area contributed by atoms with Crippen LogP contribution in [0.4, 0.5) is 8.78 Å². The lowest BCUT2D eigenvalue weighted by molar-refractivity contribution is 0.545. The van der Waals surface area contributed by atoms with Crippen molar-refractivity contribution in [2.24, 2.45) is 0 Å². The molecule has 1 atom stereocenters. The Bertz CT molecular complexity index is 551. The summed E-state index contributed by atoms with van der Waals surface area (Å²) in [7, 11) is 0. The van der Waals surface area contributed by atoms with Gasteiger partial charge in [-0.1, -0.05) is 13.8 Å². The minimum absolute atomic E-state index is 0.298. The van der Waals surface area contributed by atoms with Crippen LogP contribution in [0.25, 0.3) is 10.4 Å². The van der Waals surface area contributed by atoms with E-state index in [4.69, 9.17) is 0 Å². The van der Waals surface area contributed by atoms with Gasteiger partial charge in [0, 0.05) is 27.4 Å². The summed E-state index contributed by atoms with van der Waals surface area (Å²) in [4.78, 5) is 2.02. The van der Waals surface area contributed by atoms with Crippen LogP contribution in [-0.4, -0.2) is 6.54 Å². The summed E-state index contributed by atoms with van der Waals surface area (Å²) >= 11 is 1.55. The summed E-state index contributed by atoms with van der Waals surface area (Å²) in [5.74, 6) is -1.05. The number of hydrogen-bond acceptors (Lipinski definition) is 2. The van der Waals surface area contributed by atoms with Crippen molar-refractivity contribution in [3.63, 3.8) is 0 Å². The molecular formula is C15H17F2NS. The maximum atomic E-state index is 13.7. The normalized spacial score (nSPS) is 12.6. The van der Waals surface area contributed by atoms with Gasteiger partial charge in [0.2, 0.25) is 0 Å². The third kappa shape index (κ3) is 3.19. The average Bonchev–Trinajstić information content (AvgIpc) is 2.85. The molecule has 1 unspecified atom stereocenters. The van der Waals surface area contributed by atoms with E-state index in [2.05, 4.69) is 19.2 Å². The average molecular weight is 281 g/mol. The summed E-state index contributed by atoms with van der Waals surface area (Å²) in [6.07, 6.45) is 0.986. The summed E-state index contributed by atoms with van der Waals surface area (Å²) in [6.45, 7) is 5.08. The molecule has 0 amide bonds. The molecule has 4 heteroatoms. The highest BCUT2D eigenvalue weighted by Gasteiger charge is 2.13. The van der Waals surface area contributed by atoms with Gasteiger partial charge in [-0.25, -0.2) is 8.78 Å². The minimum Gasteiger partial charge on any atom is -0.310 e. The number of hydrogen-bond donors (Lipinski definition) is 1. The molecule has 0 saturated heterocycles. The Morgan fingerprint density at radius 1 is 1.16 bits per heavy atom. The molecule has 1 nitrogen and oxygen atoms in total. The van der Waals surface area contributed by atoms with Crippen molar-refractivity contribution in [3.8, 4) is 10.4 Å². The van der Waals surface area contributed by atoms with E-state index in [1.807, 2.05) is 12.1 Å². The smallest absolute Gasteiger partial charge is 0.134 e. The molecule has 0 spiro atoms. The summed E-state index contributed by atoms with van der Waals surface area (Å²) in [5.41, 5.74) is 0.462. The van der Waals surface area contributed by atoms with Crippen molar-refractivity contribution in [3.05, 3.63) is 46.8 Å². The van der Waals surface area contributed by atoms with Crippen LogP contribution in [0, 0.1) is 11.6 Å². The molecule has 1 heterocycles. The molecule has 102 valence electrons. The quantitative estimate of drug-likeness (QED) is 0.833. The lowest BCUT2D eigenvalue weighted by atomic mass is 10.1. The van der Waals surface area contributed by atoms with Crippen LogP contribution in [0.3, 0.4) is 0 Å². The van der Waals surface area contributed by atoms with E-state index in [-0.39, 0.29) is 0 Å². The van der Waals surface area contributed by atoms with Crippen LogP contribution in [-0.2, 0) is 0 Å². The zero-order valence-corrected chi connectivity index (χ0v) is 11.9. The molecule has 1 N–H and O–H groups in total. The molecule has 2 rings (SSSR count). The molecule has 0 fully saturated rings. The van der Waals surface area contributed by atoms with Gasteiger partial charge in [-0.05, 0) is 37.2 Å². The second kappa shape index (κ2) is 6.26. The van der Waals surface area contributed by atoms with E-state index >= 15 is 0 Å². The maximum absolute atomic E-state index is 13.7. The highest BCUT2D eigenvalue weighted by atomic mass is 32.1. The van der Waals surface area contributed by atoms with Crippen LogP contribution in [0.2, 0.25) is 0 Å². The van der Waals surface area contributed by atoms with Gasteiger partial charge in [0.25, 0.3) is 0 Å². The van der Waals surface area contributed by atoms with Gasteiger partial charge in [-0.15, -0.1) is 11.3 Å². The SMILES string of the molecule is CCNC(CC)c1ccc(-c2ccc(F)cc2F)s1. The van der Waals surface area contributed by atoms with E-state index in [9.17, 15) is 8.78 Å². The van der Waals surface area contributed by atoms with Crippen molar-refractivity contribution in [2.75, 3.05) is 6.54 Å². The summed E-state index contributed by atoms with van der Waals surface area (Å²) < 4.78 is 26.6. The van der Waals surface area contributed by atoms with Crippen molar-refractivity contribution < 1.29 is 8.78 Å². The molecule has 1 aromatic carbocycles. The number of benzene rings is 1. The first-order valence-corrected chi connectivity index (χ1v) is 7.25. The zero-order valence-electron chi connectivity index (χ0n) is 11.0. The third-order valence-corrected chi connectivity index (χ3v) is 4.26. The molecular weight excluding hydrogens is 264 g/mol. The molecule has 2 aromatic rings. The van der Waals surface area contributed by atoms with E-state index in [0.717, 1.165) is 23.9 Å². The number of halogens is 2. The molecule has 19 heavy (non-hydrogen) atoms. The van der Waals surface area contributed by atoms with Crippen LogP contribution < -0.4 is 5.32 Å². The molecule has 1 aromatic heterocycles. The Balaban J connectivity index is 2.29. The van der Waals surface area contributed by atoms with E-state index < -0.39 is 11.6 Å². The maximum Gasteiger partial charge on any atom is 0.134 e. The predicted molar refractivity (Wildman–Crippen MR) is 76.4 cm³/mol. The second-order valence-corrected chi connectivity index (χ2v) is 5.46. The highest BCUT2D eigenvalue weighted by Crippen LogP contribution is 2.34. The predicted octanol–water partition coefficient (Wildman–Crippen LogP) is 4.75. The standard InChI is InChI=1S/C15H17F2NS/c1-3-13(18-4-2)15-8-7-14(19-15)11-6-5-10(16)9-12(11)17/h5-9,13,18H,3-4H2,1-2H3. The van der Waals surface area contributed by atoms with Gasteiger partial charge in [0.1, 0.15) is 11.6 Å². The molecule has 0 radical (unpaired) electrons. The summed E-state index contributed by atoms with van der Waals surface area (Å²) in [5, 5.41) is 3.39. The molecule has 0 saturated carbocycles. The Morgan fingerprint density at radius 3 is 2.58 bits per heavy atom. The number of rotatable bonds is 5. The minimum atomic E-state index is -0.544. The lowest BCUT2D eigenvalue weighted by Crippen LogP contribution is -2.18. The van der Waals surface area contributed by atoms with E-state index in [0.29, 0.717) is 11.6 Å². The Labute approximate surface area is 116 Å². The Morgan fingerprint density at radius 2 is 1.95 bits per heavy atom. The van der Waals surface area contributed by atoms with Crippen LogP contribution in [0.15, 0.2) is 30.3 Å². The van der Waals surface area contributed by atoms with Crippen molar-refractivity contribution in [1.82, 2.24) is 5.32 Å². The number of nitrogens with one attached hydrogen (secondary N) is 1. The second-order valence-electron chi connectivity index (χ2n) is 4.34. The van der Waals surface area contributed by atoms with E-state index in [1.54, 1.807) is 11.3 Å². The van der Waals surface area contributed by atoms with Gasteiger partial charge < -0.3 is 5.32 Å². The van der Waals surface area contributed by atoms with E-state index in [1.165, 1.54) is 17.0 Å². The first kappa shape index (κ1) is 14.2. The van der Waals surface area contributed by atoms with Crippen LogP contribution in [0.5, 0.6) is 0 Å². The fraction of sp³-hybridized carbons (Fsp3) is 0.333. The van der Waals surface area contributed by atoms with Gasteiger partial charge in [-0.2, -0.15) is 0 Å². The zero-order chi connectivity index (χ0) is 13.8. The lowest BCUT2D eigenvalue weighted by Gasteiger charge is -2.13. The Kier molecular flexibility index (Phi) is 4.66. The van der Waals surface area contributed by atoms with Crippen molar-refractivity contribution in [1.29, 1.82) is 0 Å². The highest BCUT2D eigenvalue weighted by molar-refractivity contribution is 7.15. The molecule has 0 aliphatic heterocycles. The van der Waals surface area contributed by atoms with Gasteiger partial charge in [0.15, 0.2) is 0 Å². The number of thiophene rings is 1. The topological polar surface area (TPSA) is 12.0 Å². The third-order valence-electron chi connectivity index (χ3n) is 3.03. The van der Waals surface area contributed by atoms with Gasteiger partial charge in [0.05, 0.1) is 0 Å². The van der Waals surface area contributed by atoms with Crippen LogP contribution in [0.1, 0.15) is 31.2 Å². The Hall–Kier alpha value is -1.26. The first-order chi connectivity index (χ1) is 9.15. The largest absolute Gasteiger partial charge is 0.310 e. The summed E-state index contributed by atoms with van der Waals surface area (Å²) in [6, 6.07) is 7.92. The monoisotopic (exact) mass is 281 g/mol. The van der Waals surface area contributed by atoms with Gasteiger partial charge >= 0.3 is 0 Å².